The molecule has 0 aliphatic heterocycles. The van der Waals surface area contributed by atoms with Crippen molar-refractivity contribution < 1.29 is 17.9 Å². The van der Waals surface area contributed by atoms with Gasteiger partial charge in [-0.1, -0.05) is 12.1 Å². The van der Waals surface area contributed by atoms with Gasteiger partial charge in [0.15, 0.2) is 9.84 Å². The zero-order chi connectivity index (χ0) is 9.90. The van der Waals surface area contributed by atoms with Crippen molar-refractivity contribution in [1.82, 2.24) is 0 Å². The van der Waals surface area contributed by atoms with E-state index in [1.165, 1.54) is 24.3 Å². The molecule has 0 radical (unpaired) electrons. The fraction of sp³-hybridized carbons (Fsp3) is 0.250. The van der Waals surface area contributed by atoms with Gasteiger partial charge >= 0.3 is 0 Å². The van der Waals surface area contributed by atoms with Crippen molar-refractivity contribution in [3.63, 3.8) is 0 Å². The summed E-state index contributed by atoms with van der Waals surface area (Å²) in [6, 6.07) is 5.12. The predicted octanol–water partition coefficient (Wildman–Crippen LogP) is 0.690. The molecule has 0 aromatic heterocycles. The Bertz CT molecular complexity index is 369. The molecule has 1 aromatic carbocycles. The highest BCUT2D eigenvalue weighted by Gasteiger charge is 2.09. The van der Waals surface area contributed by atoms with Crippen LogP contribution in [0.4, 0.5) is 4.39 Å². The summed E-state index contributed by atoms with van der Waals surface area (Å²) >= 11 is 0. The second-order valence-electron chi connectivity index (χ2n) is 2.64. The molecule has 0 amide bonds. The van der Waals surface area contributed by atoms with E-state index in [4.69, 9.17) is 5.11 Å². The van der Waals surface area contributed by atoms with E-state index >= 15 is 0 Å². The van der Waals surface area contributed by atoms with Crippen LogP contribution < -0.4 is 0 Å². The number of halogens is 1. The van der Waals surface area contributed by atoms with Gasteiger partial charge in [-0.2, -0.15) is 0 Å². The number of aliphatic hydroxyl groups excluding tert-OH is 1. The highest BCUT2D eigenvalue weighted by molar-refractivity contribution is 7.90. The van der Waals surface area contributed by atoms with Gasteiger partial charge in [0, 0.05) is 0 Å². The van der Waals surface area contributed by atoms with Gasteiger partial charge in [-0.3, -0.25) is 0 Å². The summed E-state index contributed by atoms with van der Waals surface area (Å²) in [6.45, 7) is 0. The van der Waals surface area contributed by atoms with E-state index in [9.17, 15) is 12.8 Å². The first-order valence-electron chi connectivity index (χ1n) is 3.59. The highest BCUT2D eigenvalue weighted by atomic mass is 32.2. The van der Waals surface area contributed by atoms with E-state index in [1.807, 2.05) is 0 Å². The van der Waals surface area contributed by atoms with Crippen molar-refractivity contribution in [3.05, 3.63) is 35.6 Å². The Morgan fingerprint density at radius 2 is 1.77 bits per heavy atom. The van der Waals surface area contributed by atoms with Gasteiger partial charge in [0.1, 0.15) is 11.8 Å². The first-order valence-corrected chi connectivity index (χ1v) is 5.41. The number of aliphatic hydroxyl groups is 1. The van der Waals surface area contributed by atoms with Gasteiger partial charge in [-0.05, 0) is 17.7 Å². The molecule has 0 saturated carbocycles. The molecule has 0 aliphatic carbocycles. The van der Waals surface area contributed by atoms with Crippen LogP contribution in [-0.4, -0.2) is 19.5 Å². The molecule has 0 bridgehead atoms. The van der Waals surface area contributed by atoms with Gasteiger partial charge in [0.25, 0.3) is 0 Å². The number of rotatable bonds is 3. The van der Waals surface area contributed by atoms with E-state index in [0.717, 1.165) is 0 Å². The van der Waals surface area contributed by atoms with Gasteiger partial charge in [0.2, 0.25) is 0 Å². The van der Waals surface area contributed by atoms with E-state index in [2.05, 4.69) is 0 Å². The zero-order valence-corrected chi connectivity index (χ0v) is 7.59. The minimum absolute atomic E-state index is 0.260. The largest absolute Gasteiger partial charge is 0.380 e. The molecule has 0 spiro atoms. The average Bonchev–Trinajstić information content (AvgIpc) is 2.09. The molecule has 1 aromatic rings. The lowest BCUT2D eigenvalue weighted by Gasteiger charge is -2.00. The number of hydrogen-bond donors (Lipinski definition) is 1. The Hall–Kier alpha value is -0.940. The lowest BCUT2D eigenvalue weighted by atomic mass is 10.2. The Morgan fingerprint density at radius 3 is 2.23 bits per heavy atom. The minimum Gasteiger partial charge on any atom is -0.380 e. The third-order valence-electron chi connectivity index (χ3n) is 1.50. The molecule has 72 valence electrons. The number of hydrogen-bond acceptors (Lipinski definition) is 3. The fourth-order valence-electron chi connectivity index (χ4n) is 0.880. The van der Waals surface area contributed by atoms with Crippen LogP contribution in [0.5, 0.6) is 0 Å². The minimum atomic E-state index is -3.45. The molecule has 0 heterocycles. The Balaban J connectivity index is 2.82. The second kappa shape index (κ2) is 3.85. The zero-order valence-electron chi connectivity index (χ0n) is 6.77. The maximum atomic E-state index is 12.4. The summed E-state index contributed by atoms with van der Waals surface area (Å²) in [5, 5.41) is 8.45. The van der Waals surface area contributed by atoms with Crippen LogP contribution in [0.3, 0.4) is 0 Å². The molecule has 1 N–H and O–H groups in total. The van der Waals surface area contributed by atoms with Crippen LogP contribution >= 0.6 is 0 Å². The van der Waals surface area contributed by atoms with Gasteiger partial charge in [0.05, 0.1) is 5.75 Å². The van der Waals surface area contributed by atoms with Crippen molar-refractivity contribution in [3.8, 4) is 0 Å². The maximum absolute atomic E-state index is 12.4. The first kappa shape index (κ1) is 10.1. The molecule has 13 heavy (non-hydrogen) atoms. The molecular weight excluding hydrogens is 195 g/mol. The summed E-state index contributed by atoms with van der Waals surface area (Å²) in [6.07, 6.45) is 0. The first-order chi connectivity index (χ1) is 6.03. The molecule has 0 fully saturated rings. The molecule has 0 aliphatic rings. The van der Waals surface area contributed by atoms with Gasteiger partial charge in [-0.25, -0.2) is 12.8 Å². The van der Waals surface area contributed by atoms with Crippen molar-refractivity contribution in [1.29, 1.82) is 0 Å². The van der Waals surface area contributed by atoms with Crippen molar-refractivity contribution in [2.75, 3.05) is 5.94 Å². The smallest absolute Gasteiger partial charge is 0.178 e. The molecule has 5 heteroatoms. The van der Waals surface area contributed by atoms with E-state index in [1.54, 1.807) is 0 Å². The third-order valence-corrected chi connectivity index (χ3v) is 2.66. The molecule has 0 saturated heterocycles. The van der Waals surface area contributed by atoms with Crippen LogP contribution in [0, 0.1) is 5.82 Å². The molecule has 3 nitrogen and oxygen atoms in total. The second-order valence-corrected chi connectivity index (χ2v) is 4.68. The SMILES string of the molecule is O=S(=O)(CO)Cc1ccc(F)cc1. The van der Waals surface area contributed by atoms with E-state index in [-0.39, 0.29) is 5.75 Å². The van der Waals surface area contributed by atoms with Crippen molar-refractivity contribution >= 4 is 9.84 Å². The van der Waals surface area contributed by atoms with Crippen molar-refractivity contribution in [2.24, 2.45) is 0 Å². The van der Waals surface area contributed by atoms with Crippen molar-refractivity contribution in [2.45, 2.75) is 5.75 Å². The van der Waals surface area contributed by atoms with E-state index in [0.29, 0.717) is 5.56 Å². The standard InChI is InChI=1S/C8H9FO3S/c9-8-3-1-7(2-4-8)5-13(11,12)6-10/h1-4,10H,5-6H2. The maximum Gasteiger partial charge on any atom is 0.178 e. The Morgan fingerprint density at radius 1 is 1.23 bits per heavy atom. The summed E-state index contributed by atoms with van der Waals surface area (Å²) in [4.78, 5) is 0. The molecule has 1 rings (SSSR count). The quantitative estimate of drug-likeness (QED) is 0.788. The van der Waals surface area contributed by atoms with Gasteiger partial charge in [-0.15, -0.1) is 0 Å². The average molecular weight is 204 g/mol. The van der Waals surface area contributed by atoms with Crippen LogP contribution in [0.1, 0.15) is 5.56 Å². The summed E-state index contributed by atoms with van der Waals surface area (Å²) in [5.41, 5.74) is 0.468. The molecule has 0 atom stereocenters. The number of sulfone groups is 1. The van der Waals surface area contributed by atoms with Crippen LogP contribution in [0.15, 0.2) is 24.3 Å². The normalized spacial score (nSPS) is 11.5. The summed E-state index contributed by atoms with van der Waals surface area (Å²) < 4.78 is 34.2. The van der Waals surface area contributed by atoms with Crippen LogP contribution in [0.2, 0.25) is 0 Å². The monoisotopic (exact) mass is 204 g/mol. The lowest BCUT2D eigenvalue weighted by Crippen LogP contribution is -2.08. The van der Waals surface area contributed by atoms with Crippen LogP contribution in [0.25, 0.3) is 0 Å². The van der Waals surface area contributed by atoms with Crippen LogP contribution in [-0.2, 0) is 15.6 Å². The fourth-order valence-corrected chi connectivity index (χ4v) is 1.67. The highest BCUT2D eigenvalue weighted by Crippen LogP contribution is 2.07. The predicted molar refractivity (Wildman–Crippen MR) is 46.1 cm³/mol. The Kier molecular flexibility index (Phi) is 3.00. The lowest BCUT2D eigenvalue weighted by molar-refractivity contribution is 0.358. The van der Waals surface area contributed by atoms with Gasteiger partial charge < -0.3 is 5.11 Å². The topological polar surface area (TPSA) is 54.4 Å². The Labute approximate surface area is 75.7 Å². The summed E-state index contributed by atoms with van der Waals surface area (Å²) in [7, 11) is -3.45. The number of benzene rings is 1. The van der Waals surface area contributed by atoms with E-state index < -0.39 is 21.6 Å². The third kappa shape index (κ3) is 3.12. The summed E-state index contributed by atoms with van der Waals surface area (Å²) in [5.74, 6) is -1.56. The molecular formula is C8H9FO3S. The molecule has 0 unspecified atom stereocenters.